The van der Waals surface area contributed by atoms with Crippen LogP contribution in [0, 0.1) is 0 Å². The van der Waals surface area contributed by atoms with E-state index in [4.69, 9.17) is 11.6 Å². The first-order valence-corrected chi connectivity index (χ1v) is 7.88. The third-order valence-electron chi connectivity index (χ3n) is 4.34. The topological polar surface area (TPSA) is 60.8 Å². The van der Waals surface area contributed by atoms with Crippen LogP contribution in [0.5, 0.6) is 0 Å². The lowest BCUT2D eigenvalue weighted by Crippen LogP contribution is -2.54. The summed E-state index contributed by atoms with van der Waals surface area (Å²) in [5.41, 5.74) is -1.12. The Bertz CT molecular complexity index is 502. The second-order valence-electron chi connectivity index (χ2n) is 5.59. The highest BCUT2D eigenvalue weighted by Crippen LogP contribution is 2.38. The first-order valence-electron chi connectivity index (χ1n) is 7.50. The van der Waals surface area contributed by atoms with Gasteiger partial charge in [0.05, 0.1) is 0 Å². The number of hydrogen-bond acceptors (Lipinski definition) is 2. The standard InChI is InChI=1S/C16H22ClNO3/c1-2-16(21,13-10-6-7-11-14(13)17)18(15(19)20)12-8-4-3-5-9-12/h6-7,10-12,21H,2-5,8-9H2,1H3,(H,19,20). The van der Waals surface area contributed by atoms with E-state index in [1.54, 1.807) is 31.2 Å². The number of aliphatic hydroxyl groups is 1. The zero-order chi connectivity index (χ0) is 15.5. The van der Waals surface area contributed by atoms with E-state index in [2.05, 4.69) is 0 Å². The van der Waals surface area contributed by atoms with Crippen molar-refractivity contribution in [1.29, 1.82) is 0 Å². The molecule has 1 amide bonds. The summed E-state index contributed by atoms with van der Waals surface area (Å²) in [6.07, 6.45) is 3.87. The largest absolute Gasteiger partial charge is 0.465 e. The average molecular weight is 312 g/mol. The molecule has 0 saturated heterocycles. The molecule has 2 N–H and O–H groups in total. The van der Waals surface area contributed by atoms with Gasteiger partial charge in [-0.2, -0.15) is 0 Å². The molecule has 0 spiro atoms. The van der Waals surface area contributed by atoms with Gasteiger partial charge in [-0.1, -0.05) is 56.0 Å². The summed E-state index contributed by atoms with van der Waals surface area (Å²) in [6.45, 7) is 1.78. The Kier molecular flexibility index (Phi) is 5.12. The zero-order valence-corrected chi connectivity index (χ0v) is 13.0. The van der Waals surface area contributed by atoms with Gasteiger partial charge in [-0.25, -0.2) is 4.79 Å². The van der Waals surface area contributed by atoms with Gasteiger partial charge >= 0.3 is 6.09 Å². The quantitative estimate of drug-likeness (QED) is 0.819. The van der Waals surface area contributed by atoms with E-state index in [-0.39, 0.29) is 12.5 Å². The van der Waals surface area contributed by atoms with Gasteiger partial charge < -0.3 is 10.2 Å². The first-order chi connectivity index (χ1) is 10.0. The van der Waals surface area contributed by atoms with Crippen molar-refractivity contribution in [1.82, 2.24) is 4.90 Å². The third kappa shape index (κ3) is 3.16. The van der Waals surface area contributed by atoms with Crippen LogP contribution in [-0.2, 0) is 5.72 Å². The summed E-state index contributed by atoms with van der Waals surface area (Å²) in [6, 6.07) is 6.76. The Morgan fingerprint density at radius 1 is 1.33 bits per heavy atom. The molecule has 0 heterocycles. The second kappa shape index (κ2) is 6.67. The summed E-state index contributed by atoms with van der Waals surface area (Å²) in [4.78, 5) is 13.0. The molecule has 0 bridgehead atoms. The van der Waals surface area contributed by atoms with Crippen molar-refractivity contribution in [3.8, 4) is 0 Å². The number of carboxylic acid groups (broad SMARTS) is 1. The number of benzene rings is 1. The van der Waals surface area contributed by atoms with Crippen molar-refractivity contribution in [3.63, 3.8) is 0 Å². The Morgan fingerprint density at radius 3 is 2.48 bits per heavy atom. The fourth-order valence-corrected chi connectivity index (χ4v) is 3.52. The van der Waals surface area contributed by atoms with E-state index in [0.717, 1.165) is 32.1 Å². The summed E-state index contributed by atoms with van der Waals surface area (Å²) < 4.78 is 0. The van der Waals surface area contributed by atoms with Crippen molar-refractivity contribution < 1.29 is 15.0 Å². The van der Waals surface area contributed by atoms with Gasteiger partial charge in [0, 0.05) is 16.6 Å². The van der Waals surface area contributed by atoms with Crippen molar-refractivity contribution in [2.75, 3.05) is 0 Å². The molecule has 21 heavy (non-hydrogen) atoms. The molecule has 1 saturated carbocycles. The van der Waals surface area contributed by atoms with Gasteiger partial charge in [0.25, 0.3) is 0 Å². The van der Waals surface area contributed by atoms with Crippen LogP contribution in [0.2, 0.25) is 5.02 Å². The van der Waals surface area contributed by atoms with Crippen molar-refractivity contribution >= 4 is 17.7 Å². The number of halogens is 1. The molecule has 116 valence electrons. The first kappa shape index (κ1) is 16.1. The number of hydrogen-bond donors (Lipinski definition) is 2. The fraction of sp³-hybridized carbons (Fsp3) is 0.562. The van der Waals surface area contributed by atoms with Gasteiger partial charge in [0.15, 0.2) is 5.72 Å². The minimum Gasteiger partial charge on any atom is -0.465 e. The summed E-state index contributed by atoms with van der Waals surface area (Å²) in [5, 5.41) is 21.2. The van der Waals surface area contributed by atoms with Gasteiger partial charge in [-0.3, -0.25) is 4.90 Å². The molecule has 1 aliphatic rings. The summed E-state index contributed by atoms with van der Waals surface area (Å²) in [7, 11) is 0. The van der Waals surface area contributed by atoms with Crippen LogP contribution >= 0.6 is 11.6 Å². The molecule has 1 aromatic rings. The van der Waals surface area contributed by atoms with E-state index in [9.17, 15) is 15.0 Å². The van der Waals surface area contributed by atoms with Crippen LogP contribution < -0.4 is 0 Å². The van der Waals surface area contributed by atoms with E-state index in [1.807, 2.05) is 0 Å². The van der Waals surface area contributed by atoms with Crippen LogP contribution in [0.1, 0.15) is 51.0 Å². The molecule has 2 rings (SSSR count). The van der Waals surface area contributed by atoms with Crippen molar-refractivity contribution in [2.45, 2.75) is 57.2 Å². The highest BCUT2D eigenvalue weighted by atomic mass is 35.5. The second-order valence-corrected chi connectivity index (χ2v) is 6.00. The monoisotopic (exact) mass is 311 g/mol. The maximum atomic E-state index is 11.8. The smallest absolute Gasteiger partial charge is 0.410 e. The highest BCUT2D eigenvalue weighted by Gasteiger charge is 2.43. The predicted molar refractivity (Wildman–Crippen MR) is 82.4 cm³/mol. The normalized spacial score (nSPS) is 19.0. The SMILES string of the molecule is CCC(O)(c1ccccc1Cl)N(C(=O)O)C1CCCCC1. The molecule has 1 aliphatic carbocycles. The van der Waals surface area contributed by atoms with E-state index >= 15 is 0 Å². The van der Waals surface area contributed by atoms with Crippen molar-refractivity contribution in [2.24, 2.45) is 0 Å². The fourth-order valence-electron chi connectivity index (χ4n) is 3.23. The van der Waals surface area contributed by atoms with Crippen LogP contribution in [0.3, 0.4) is 0 Å². The number of rotatable bonds is 4. The molecule has 1 fully saturated rings. The molecule has 4 nitrogen and oxygen atoms in total. The van der Waals surface area contributed by atoms with E-state index < -0.39 is 11.8 Å². The molecular weight excluding hydrogens is 290 g/mol. The lowest BCUT2D eigenvalue weighted by atomic mass is 9.89. The van der Waals surface area contributed by atoms with Crippen LogP contribution in [0.25, 0.3) is 0 Å². The minimum absolute atomic E-state index is 0.155. The van der Waals surface area contributed by atoms with Gasteiger partial charge in [-0.15, -0.1) is 0 Å². The zero-order valence-electron chi connectivity index (χ0n) is 12.3. The highest BCUT2D eigenvalue weighted by molar-refractivity contribution is 6.31. The summed E-state index contributed by atoms with van der Waals surface area (Å²) in [5.74, 6) is 0. The molecular formula is C16H22ClNO3. The molecule has 1 unspecified atom stereocenters. The van der Waals surface area contributed by atoms with Gasteiger partial charge in [0.1, 0.15) is 0 Å². The van der Waals surface area contributed by atoms with Crippen LogP contribution in [0.15, 0.2) is 24.3 Å². The average Bonchev–Trinajstić information content (AvgIpc) is 2.48. The van der Waals surface area contributed by atoms with Crippen LogP contribution in [0.4, 0.5) is 4.79 Å². The van der Waals surface area contributed by atoms with Gasteiger partial charge in [-0.05, 0) is 25.3 Å². The van der Waals surface area contributed by atoms with Gasteiger partial charge in [0.2, 0.25) is 0 Å². The molecule has 0 radical (unpaired) electrons. The van der Waals surface area contributed by atoms with Crippen LogP contribution in [-0.4, -0.2) is 27.2 Å². The number of nitrogens with zero attached hydrogens (tertiary/aromatic N) is 1. The number of amides is 1. The molecule has 0 aromatic heterocycles. The minimum atomic E-state index is -1.58. The number of carbonyl (C=O) groups is 1. The summed E-state index contributed by atoms with van der Waals surface area (Å²) >= 11 is 6.20. The predicted octanol–water partition coefficient (Wildman–Crippen LogP) is 4.21. The molecule has 1 aromatic carbocycles. The maximum absolute atomic E-state index is 11.8. The Morgan fingerprint density at radius 2 is 1.95 bits per heavy atom. The Labute approximate surface area is 130 Å². The Hall–Kier alpha value is -1.26. The maximum Gasteiger partial charge on any atom is 0.410 e. The molecule has 1 atom stereocenters. The molecule has 5 heteroatoms. The van der Waals surface area contributed by atoms with E-state index in [1.165, 1.54) is 4.90 Å². The van der Waals surface area contributed by atoms with E-state index in [0.29, 0.717) is 10.6 Å². The lowest BCUT2D eigenvalue weighted by molar-refractivity contribution is -0.124. The lowest BCUT2D eigenvalue weighted by Gasteiger charge is -2.44. The third-order valence-corrected chi connectivity index (χ3v) is 4.67. The van der Waals surface area contributed by atoms with Crippen molar-refractivity contribution in [3.05, 3.63) is 34.9 Å². The Balaban J connectivity index is 2.43. The molecule has 0 aliphatic heterocycles.